The Bertz CT molecular complexity index is 561. The van der Waals surface area contributed by atoms with Gasteiger partial charge in [-0.2, -0.15) is 0 Å². The molecule has 0 aromatic heterocycles. The van der Waals surface area contributed by atoms with Gasteiger partial charge in [0.1, 0.15) is 0 Å². The summed E-state index contributed by atoms with van der Waals surface area (Å²) in [6.45, 7) is 3.71. The van der Waals surface area contributed by atoms with E-state index in [2.05, 4.69) is 6.58 Å². The van der Waals surface area contributed by atoms with Gasteiger partial charge in [-0.3, -0.25) is 4.79 Å². The zero-order valence-electron chi connectivity index (χ0n) is 9.65. The molecule has 0 fully saturated rings. The van der Waals surface area contributed by atoms with Gasteiger partial charge >= 0.3 is 0 Å². The molecular weight excluding hydrogens is 212 g/mol. The Hall–Kier alpha value is -2.13. The van der Waals surface area contributed by atoms with Gasteiger partial charge in [0.2, 0.25) is 5.91 Å². The van der Waals surface area contributed by atoms with Crippen LogP contribution < -0.4 is 11.9 Å². The molecule has 0 aliphatic rings. The van der Waals surface area contributed by atoms with Crippen LogP contribution in [0.3, 0.4) is 0 Å². The zero-order valence-corrected chi connectivity index (χ0v) is 9.65. The van der Waals surface area contributed by atoms with Crippen molar-refractivity contribution in [2.24, 2.45) is 5.73 Å². The van der Waals surface area contributed by atoms with Crippen molar-refractivity contribution >= 4 is 16.7 Å². The number of carbonyl (C=O) groups excluding carboxylic acids is 1. The number of benzene rings is 2. The molecule has 0 atom stereocenters. The number of amides is 1. The van der Waals surface area contributed by atoms with Crippen LogP contribution in [0, 0.1) is 0 Å². The first-order valence-corrected chi connectivity index (χ1v) is 5.15. The van der Waals surface area contributed by atoms with E-state index in [1.807, 2.05) is 30.3 Å². The molecule has 0 heterocycles. The van der Waals surface area contributed by atoms with Crippen molar-refractivity contribution in [1.29, 1.82) is 0 Å². The maximum atomic E-state index is 11.3. The van der Waals surface area contributed by atoms with E-state index in [-0.39, 0.29) is 12.1 Å². The normalized spacial score (nSPS) is 9.65. The van der Waals surface area contributed by atoms with Crippen LogP contribution in [-0.2, 0) is 6.42 Å². The van der Waals surface area contributed by atoms with Crippen molar-refractivity contribution in [3.8, 4) is 0 Å². The van der Waals surface area contributed by atoms with Crippen molar-refractivity contribution in [1.82, 2.24) is 6.15 Å². The highest BCUT2D eigenvalue weighted by Gasteiger charge is 2.09. The molecule has 0 aliphatic carbocycles. The van der Waals surface area contributed by atoms with Gasteiger partial charge in [-0.15, -0.1) is 6.58 Å². The topological polar surface area (TPSA) is 78.1 Å². The van der Waals surface area contributed by atoms with E-state index in [0.29, 0.717) is 12.0 Å². The zero-order chi connectivity index (χ0) is 11.5. The third-order valence-corrected chi connectivity index (χ3v) is 2.65. The van der Waals surface area contributed by atoms with Crippen LogP contribution in [0.1, 0.15) is 15.9 Å². The Morgan fingerprint density at radius 1 is 1.24 bits per heavy atom. The average molecular weight is 228 g/mol. The van der Waals surface area contributed by atoms with Gasteiger partial charge in [0.15, 0.2) is 0 Å². The standard InChI is InChI=1S/C14H13NO.H3N/c1-2-5-12-11-7-4-3-6-10(11)8-9-13(12)14(15)16;/h2-4,6-9H,1,5H2,(H2,15,16);1H3. The molecule has 5 N–H and O–H groups in total. The number of nitrogens with two attached hydrogens (primary N) is 1. The number of hydrogen-bond donors (Lipinski definition) is 2. The molecule has 17 heavy (non-hydrogen) atoms. The van der Waals surface area contributed by atoms with Crippen LogP contribution in [0.25, 0.3) is 10.8 Å². The lowest BCUT2D eigenvalue weighted by Crippen LogP contribution is -2.13. The number of hydrogen-bond acceptors (Lipinski definition) is 2. The first-order chi connectivity index (χ1) is 7.74. The summed E-state index contributed by atoms with van der Waals surface area (Å²) >= 11 is 0. The Morgan fingerprint density at radius 3 is 2.59 bits per heavy atom. The van der Waals surface area contributed by atoms with Crippen LogP contribution in [-0.4, -0.2) is 5.91 Å². The quantitative estimate of drug-likeness (QED) is 0.792. The Morgan fingerprint density at radius 2 is 1.94 bits per heavy atom. The van der Waals surface area contributed by atoms with Crippen LogP contribution in [0.15, 0.2) is 49.1 Å². The van der Waals surface area contributed by atoms with Gasteiger partial charge in [-0.05, 0) is 28.8 Å². The summed E-state index contributed by atoms with van der Waals surface area (Å²) in [7, 11) is 0. The summed E-state index contributed by atoms with van der Waals surface area (Å²) in [6, 6.07) is 11.7. The molecule has 88 valence electrons. The van der Waals surface area contributed by atoms with Crippen molar-refractivity contribution in [3.05, 3.63) is 60.2 Å². The molecule has 0 spiro atoms. The Labute approximate surface area is 101 Å². The van der Waals surface area contributed by atoms with Crippen molar-refractivity contribution in [2.75, 3.05) is 0 Å². The number of allylic oxidation sites excluding steroid dienone is 1. The molecule has 0 saturated carbocycles. The van der Waals surface area contributed by atoms with E-state index >= 15 is 0 Å². The van der Waals surface area contributed by atoms with Crippen molar-refractivity contribution < 1.29 is 4.79 Å². The van der Waals surface area contributed by atoms with Crippen molar-refractivity contribution in [3.63, 3.8) is 0 Å². The van der Waals surface area contributed by atoms with E-state index in [4.69, 9.17) is 5.73 Å². The summed E-state index contributed by atoms with van der Waals surface area (Å²) in [5.74, 6) is -0.386. The van der Waals surface area contributed by atoms with Gasteiger partial charge < -0.3 is 11.9 Å². The maximum Gasteiger partial charge on any atom is 0.249 e. The molecule has 2 rings (SSSR count). The minimum absolute atomic E-state index is 0. The SMILES string of the molecule is C=CCc1c(C(N)=O)ccc2ccccc12.N. The molecule has 3 nitrogen and oxygen atoms in total. The number of primary amides is 1. The molecular formula is C14H16N2O. The van der Waals surface area contributed by atoms with E-state index in [1.165, 1.54) is 0 Å². The van der Waals surface area contributed by atoms with Crippen LogP contribution >= 0.6 is 0 Å². The highest BCUT2D eigenvalue weighted by molar-refractivity contribution is 6.00. The van der Waals surface area contributed by atoms with Crippen LogP contribution in [0.2, 0.25) is 0 Å². The Kier molecular flexibility index (Phi) is 4.01. The summed E-state index contributed by atoms with van der Waals surface area (Å²) in [5, 5.41) is 2.18. The van der Waals surface area contributed by atoms with E-state index in [0.717, 1.165) is 16.3 Å². The molecule has 2 aromatic rings. The first-order valence-electron chi connectivity index (χ1n) is 5.15. The molecule has 1 amide bonds. The Balaban J connectivity index is 0.00000144. The predicted octanol–water partition coefficient (Wildman–Crippen LogP) is 2.83. The molecule has 3 heteroatoms. The largest absolute Gasteiger partial charge is 0.366 e. The van der Waals surface area contributed by atoms with Gasteiger partial charge in [0.05, 0.1) is 0 Å². The second-order valence-electron chi connectivity index (χ2n) is 3.67. The summed E-state index contributed by atoms with van der Waals surface area (Å²) in [5.41, 5.74) is 6.90. The fourth-order valence-corrected chi connectivity index (χ4v) is 1.93. The fraction of sp³-hybridized carbons (Fsp3) is 0.0714. The molecule has 2 aromatic carbocycles. The highest BCUT2D eigenvalue weighted by atomic mass is 16.1. The van der Waals surface area contributed by atoms with Gasteiger partial charge in [0.25, 0.3) is 0 Å². The summed E-state index contributed by atoms with van der Waals surface area (Å²) in [6.07, 6.45) is 2.44. The molecule has 0 unspecified atom stereocenters. The predicted molar refractivity (Wildman–Crippen MR) is 71.4 cm³/mol. The lowest BCUT2D eigenvalue weighted by Gasteiger charge is -2.08. The smallest absolute Gasteiger partial charge is 0.249 e. The van der Waals surface area contributed by atoms with Gasteiger partial charge in [-0.1, -0.05) is 36.4 Å². The first kappa shape index (κ1) is 12.9. The third-order valence-electron chi connectivity index (χ3n) is 2.65. The van der Waals surface area contributed by atoms with Crippen LogP contribution in [0.5, 0.6) is 0 Å². The third kappa shape index (κ3) is 2.34. The molecule has 0 bridgehead atoms. The lowest BCUT2D eigenvalue weighted by atomic mass is 9.96. The highest BCUT2D eigenvalue weighted by Crippen LogP contribution is 2.23. The van der Waals surface area contributed by atoms with E-state index in [1.54, 1.807) is 12.1 Å². The van der Waals surface area contributed by atoms with Gasteiger partial charge in [-0.25, -0.2) is 0 Å². The monoisotopic (exact) mass is 228 g/mol. The maximum absolute atomic E-state index is 11.3. The summed E-state index contributed by atoms with van der Waals surface area (Å²) in [4.78, 5) is 11.3. The molecule has 0 saturated heterocycles. The second-order valence-corrected chi connectivity index (χ2v) is 3.67. The number of rotatable bonds is 3. The molecule has 0 radical (unpaired) electrons. The minimum atomic E-state index is -0.386. The minimum Gasteiger partial charge on any atom is -0.366 e. The summed E-state index contributed by atoms with van der Waals surface area (Å²) < 4.78 is 0. The number of fused-ring (bicyclic) bond motifs is 1. The average Bonchev–Trinajstić information content (AvgIpc) is 2.29. The number of carbonyl (C=O) groups is 1. The van der Waals surface area contributed by atoms with E-state index in [9.17, 15) is 4.79 Å². The second kappa shape index (κ2) is 5.27. The molecule has 0 aliphatic heterocycles. The fourth-order valence-electron chi connectivity index (χ4n) is 1.93. The van der Waals surface area contributed by atoms with Gasteiger partial charge in [0, 0.05) is 5.56 Å². The lowest BCUT2D eigenvalue weighted by molar-refractivity contribution is 0.0999. The van der Waals surface area contributed by atoms with E-state index < -0.39 is 0 Å². The van der Waals surface area contributed by atoms with Crippen LogP contribution in [0.4, 0.5) is 0 Å². The van der Waals surface area contributed by atoms with Crippen molar-refractivity contribution in [2.45, 2.75) is 6.42 Å².